The topological polar surface area (TPSA) is 41.3 Å². The first-order valence-electron chi connectivity index (χ1n) is 6.64. The van der Waals surface area contributed by atoms with Crippen LogP contribution in [0.15, 0.2) is 30.9 Å². The van der Waals surface area contributed by atoms with E-state index in [1.165, 1.54) is 29.7 Å². The molecule has 1 aromatic carbocycles. The average Bonchev–Trinajstić information content (AvgIpc) is 2.40. The summed E-state index contributed by atoms with van der Waals surface area (Å²) in [4.78, 5) is 2.33. The molecular weight excluding hydrogens is 222 g/mol. The van der Waals surface area contributed by atoms with Gasteiger partial charge < -0.3 is 16.0 Å². The van der Waals surface area contributed by atoms with E-state index in [4.69, 9.17) is 5.73 Å². The molecule has 0 radical (unpaired) electrons. The number of nitrogens with one attached hydrogen (secondary N) is 1. The minimum Gasteiger partial charge on any atom is -0.374 e. The zero-order chi connectivity index (χ0) is 13.0. The molecule has 0 aromatic heterocycles. The number of nitrogens with zero attached hydrogens (tertiary/aromatic N) is 1. The Morgan fingerprint density at radius 2 is 2.39 bits per heavy atom. The highest BCUT2D eigenvalue weighted by Crippen LogP contribution is 2.28. The van der Waals surface area contributed by atoms with Crippen molar-refractivity contribution >= 4 is 5.69 Å². The van der Waals surface area contributed by atoms with E-state index in [0.717, 1.165) is 13.1 Å². The highest BCUT2D eigenvalue weighted by molar-refractivity contribution is 5.56. The van der Waals surface area contributed by atoms with Crippen LogP contribution in [-0.4, -0.2) is 26.7 Å². The Hall–Kier alpha value is -1.32. The lowest BCUT2D eigenvalue weighted by Crippen LogP contribution is -2.29. The maximum atomic E-state index is 5.84. The number of fused-ring (bicyclic) bond motifs is 1. The van der Waals surface area contributed by atoms with Gasteiger partial charge in [-0.25, -0.2) is 0 Å². The van der Waals surface area contributed by atoms with Crippen LogP contribution in [0.3, 0.4) is 0 Å². The van der Waals surface area contributed by atoms with E-state index in [-0.39, 0.29) is 6.04 Å². The molecule has 0 saturated carbocycles. The van der Waals surface area contributed by atoms with Crippen molar-refractivity contribution in [1.29, 1.82) is 0 Å². The summed E-state index contributed by atoms with van der Waals surface area (Å²) in [6.07, 6.45) is 4.28. The van der Waals surface area contributed by atoms with E-state index in [1.54, 1.807) is 0 Å². The van der Waals surface area contributed by atoms with E-state index in [0.29, 0.717) is 6.54 Å². The standard InChI is InChI=1S/C15H23N3/c1-3-8-17-14(11-16)12-6-7-15-13(10-12)5-4-9-18(15)2/h3,6-7,10,14,17H,1,4-5,8-9,11,16H2,2H3. The maximum Gasteiger partial charge on any atom is 0.0447 e. The Labute approximate surface area is 110 Å². The molecule has 98 valence electrons. The summed E-state index contributed by atoms with van der Waals surface area (Å²) in [6, 6.07) is 6.94. The molecule has 0 fully saturated rings. The van der Waals surface area contributed by atoms with E-state index in [1.807, 2.05) is 6.08 Å². The Morgan fingerprint density at radius 3 is 3.11 bits per heavy atom. The molecule has 1 heterocycles. The Morgan fingerprint density at radius 1 is 1.56 bits per heavy atom. The van der Waals surface area contributed by atoms with Crippen molar-refractivity contribution in [2.75, 3.05) is 31.6 Å². The third-order valence-corrected chi connectivity index (χ3v) is 3.60. The SMILES string of the molecule is C=CCNC(CN)c1ccc2c(c1)CCCN2C. The smallest absolute Gasteiger partial charge is 0.0447 e. The molecule has 0 spiro atoms. The second kappa shape index (κ2) is 6.03. The average molecular weight is 245 g/mol. The molecule has 0 bridgehead atoms. The Balaban J connectivity index is 2.21. The molecule has 1 aromatic rings. The van der Waals surface area contributed by atoms with Gasteiger partial charge in [-0.2, -0.15) is 0 Å². The van der Waals surface area contributed by atoms with Crippen molar-refractivity contribution < 1.29 is 0 Å². The summed E-state index contributed by atoms with van der Waals surface area (Å²) in [5, 5.41) is 3.40. The molecule has 3 nitrogen and oxygen atoms in total. The number of hydrogen-bond acceptors (Lipinski definition) is 3. The molecule has 1 atom stereocenters. The largest absolute Gasteiger partial charge is 0.374 e. The van der Waals surface area contributed by atoms with Crippen molar-refractivity contribution in [3.8, 4) is 0 Å². The molecule has 3 heteroatoms. The van der Waals surface area contributed by atoms with Gasteiger partial charge in [-0.05, 0) is 30.0 Å². The lowest BCUT2D eigenvalue weighted by Gasteiger charge is -2.29. The highest BCUT2D eigenvalue weighted by Gasteiger charge is 2.16. The van der Waals surface area contributed by atoms with E-state index in [9.17, 15) is 0 Å². The summed E-state index contributed by atoms with van der Waals surface area (Å²) in [6.45, 7) is 6.29. The van der Waals surface area contributed by atoms with Gasteiger partial charge in [0.15, 0.2) is 0 Å². The second-order valence-electron chi connectivity index (χ2n) is 4.90. The van der Waals surface area contributed by atoms with Gasteiger partial charge in [-0.15, -0.1) is 6.58 Å². The third-order valence-electron chi connectivity index (χ3n) is 3.60. The van der Waals surface area contributed by atoms with Crippen LogP contribution in [0.5, 0.6) is 0 Å². The number of hydrogen-bond donors (Lipinski definition) is 2. The quantitative estimate of drug-likeness (QED) is 0.778. The third kappa shape index (κ3) is 2.74. The van der Waals surface area contributed by atoms with Crippen LogP contribution < -0.4 is 16.0 Å². The minimum absolute atomic E-state index is 0.223. The number of benzene rings is 1. The van der Waals surface area contributed by atoms with Gasteiger partial charge in [0.05, 0.1) is 0 Å². The lowest BCUT2D eigenvalue weighted by molar-refractivity contribution is 0.576. The fourth-order valence-corrected chi connectivity index (χ4v) is 2.58. The van der Waals surface area contributed by atoms with E-state index >= 15 is 0 Å². The fraction of sp³-hybridized carbons (Fsp3) is 0.467. The molecule has 1 aliphatic heterocycles. The van der Waals surface area contributed by atoms with Crippen molar-refractivity contribution in [3.63, 3.8) is 0 Å². The molecule has 3 N–H and O–H groups in total. The van der Waals surface area contributed by atoms with Gasteiger partial charge in [0.25, 0.3) is 0 Å². The predicted octanol–water partition coefficient (Wildman–Crippen LogP) is 1.84. The van der Waals surface area contributed by atoms with Crippen molar-refractivity contribution in [2.45, 2.75) is 18.9 Å². The van der Waals surface area contributed by atoms with Gasteiger partial charge in [0.2, 0.25) is 0 Å². The van der Waals surface area contributed by atoms with Crippen molar-refractivity contribution in [1.82, 2.24) is 5.32 Å². The molecule has 0 aliphatic carbocycles. The number of anilines is 1. The van der Waals surface area contributed by atoms with Crippen molar-refractivity contribution in [2.24, 2.45) is 5.73 Å². The van der Waals surface area contributed by atoms with Crippen LogP contribution in [0.1, 0.15) is 23.6 Å². The van der Waals surface area contributed by atoms with Gasteiger partial charge >= 0.3 is 0 Å². The zero-order valence-corrected chi connectivity index (χ0v) is 11.2. The number of nitrogens with two attached hydrogens (primary N) is 1. The van der Waals surface area contributed by atoms with Crippen LogP contribution in [0.2, 0.25) is 0 Å². The van der Waals surface area contributed by atoms with Gasteiger partial charge in [0, 0.05) is 38.4 Å². The highest BCUT2D eigenvalue weighted by atomic mass is 15.1. The molecule has 18 heavy (non-hydrogen) atoms. The molecule has 1 unspecified atom stereocenters. The summed E-state index contributed by atoms with van der Waals surface area (Å²) in [5.74, 6) is 0. The minimum atomic E-state index is 0.223. The molecular formula is C15H23N3. The first kappa shape index (κ1) is 13.1. The monoisotopic (exact) mass is 245 g/mol. The van der Waals surface area contributed by atoms with Gasteiger partial charge in [0.1, 0.15) is 0 Å². The molecule has 0 amide bonds. The zero-order valence-electron chi connectivity index (χ0n) is 11.2. The number of rotatable bonds is 5. The van der Waals surface area contributed by atoms with E-state index < -0.39 is 0 Å². The van der Waals surface area contributed by atoms with Crippen LogP contribution in [0.25, 0.3) is 0 Å². The second-order valence-corrected chi connectivity index (χ2v) is 4.90. The lowest BCUT2D eigenvalue weighted by atomic mass is 9.96. The maximum absolute atomic E-state index is 5.84. The van der Waals surface area contributed by atoms with Crippen LogP contribution in [0.4, 0.5) is 5.69 Å². The first-order valence-corrected chi connectivity index (χ1v) is 6.64. The molecule has 0 saturated heterocycles. The van der Waals surface area contributed by atoms with Crippen LogP contribution >= 0.6 is 0 Å². The van der Waals surface area contributed by atoms with Crippen LogP contribution in [-0.2, 0) is 6.42 Å². The first-order chi connectivity index (χ1) is 8.76. The summed E-state index contributed by atoms with van der Waals surface area (Å²) >= 11 is 0. The summed E-state index contributed by atoms with van der Waals surface area (Å²) in [7, 11) is 2.16. The van der Waals surface area contributed by atoms with Gasteiger partial charge in [-0.1, -0.05) is 18.2 Å². The van der Waals surface area contributed by atoms with Crippen molar-refractivity contribution in [3.05, 3.63) is 42.0 Å². The normalized spacial score (nSPS) is 16.2. The summed E-state index contributed by atoms with van der Waals surface area (Å²) < 4.78 is 0. The Kier molecular flexibility index (Phi) is 4.39. The Bertz CT molecular complexity index is 414. The molecule has 1 aliphatic rings. The van der Waals surface area contributed by atoms with E-state index in [2.05, 4.69) is 42.0 Å². The predicted molar refractivity (Wildman–Crippen MR) is 78.0 cm³/mol. The molecule has 2 rings (SSSR count). The van der Waals surface area contributed by atoms with Gasteiger partial charge in [-0.3, -0.25) is 0 Å². The number of aryl methyl sites for hydroxylation is 1. The van der Waals surface area contributed by atoms with Crippen LogP contribution in [0, 0.1) is 0 Å². The fourth-order valence-electron chi connectivity index (χ4n) is 2.58. The summed E-state index contributed by atoms with van der Waals surface area (Å²) in [5.41, 5.74) is 9.94.